The van der Waals surface area contributed by atoms with E-state index in [4.69, 9.17) is 5.84 Å². The lowest BCUT2D eigenvalue weighted by Crippen LogP contribution is -2.28. The van der Waals surface area contributed by atoms with E-state index >= 15 is 0 Å². The van der Waals surface area contributed by atoms with Crippen LogP contribution in [0.1, 0.15) is 24.1 Å². The molecule has 2 nitrogen and oxygen atoms in total. The van der Waals surface area contributed by atoms with Crippen LogP contribution in [0.3, 0.4) is 0 Å². The van der Waals surface area contributed by atoms with Gasteiger partial charge in [-0.3, -0.25) is 5.84 Å². The first-order chi connectivity index (χ1) is 8.76. The molecule has 0 amide bonds. The number of nitrogens with two attached hydrogens (primary N) is 1. The van der Waals surface area contributed by atoms with Crippen molar-refractivity contribution in [3.8, 4) is 0 Å². The summed E-state index contributed by atoms with van der Waals surface area (Å²) in [7, 11) is 0. The molecule has 96 valence electrons. The summed E-state index contributed by atoms with van der Waals surface area (Å²) in [6.45, 7) is 2.16. The normalized spacial score (nSPS) is 12.6. The Morgan fingerprint density at radius 2 is 2.06 bits per heavy atom. The SMILES string of the molecule is CCSc1ccc(C(NN)c2cscc2Br)cc1. The summed E-state index contributed by atoms with van der Waals surface area (Å²) in [6.07, 6.45) is 0. The molecular weight excluding hydrogens is 328 g/mol. The molecule has 1 unspecified atom stereocenters. The Labute approximate surface area is 124 Å². The fourth-order valence-electron chi connectivity index (χ4n) is 1.79. The molecule has 1 aromatic heterocycles. The van der Waals surface area contributed by atoms with E-state index in [9.17, 15) is 0 Å². The zero-order valence-corrected chi connectivity index (χ0v) is 13.2. The van der Waals surface area contributed by atoms with Gasteiger partial charge in [0.1, 0.15) is 0 Å². The van der Waals surface area contributed by atoms with Crippen LogP contribution >= 0.6 is 39.0 Å². The van der Waals surface area contributed by atoms with Gasteiger partial charge < -0.3 is 0 Å². The van der Waals surface area contributed by atoms with E-state index in [0.717, 1.165) is 10.2 Å². The van der Waals surface area contributed by atoms with Crippen molar-refractivity contribution in [1.82, 2.24) is 5.43 Å². The Balaban J connectivity index is 2.25. The van der Waals surface area contributed by atoms with Gasteiger partial charge in [-0.1, -0.05) is 19.1 Å². The summed E-state index contributed by atoms with van der Waals surface area (Å²) in [5.74, 6) is 6.78. The Bertz CT molecular complexity index is 496. The molecule has 0 aliphatic heterocycles. The molecule has 5 heteroatoms. The summed E-state index contributed by atoms with van der Waals surface area (Å²) in [4.78, 5) is 1.29. The number of halogens is 1. The fourth-order valence-corrected chi connectivity index (χ4v) is 4.00. The molecule has 3 N–H and O–H groups in total. The van der Waals surface area contributed by atoms with E-state index in [1.165, 1.54) is 16.0 Å². The van der Waals surface area contributed by atoms with Crippen LogP contribution in [0.4, 0.5) is 0 Å². The van der Waals surface area contributed by atoms with Crippen LogP contribution in [0.25, 0.3) is 0 Å². The molecule has 2 rings (SSSR count). The van der Waals surface area contributed by atoms with Crippen molar-refractivity contribution in [3.63, 3.8) is 0 Å². The van der Waals surface area contributed by atoms with E-state index < -0.39 is 0 Å². The van der Waals surface area contributed by atoms with E-state index in [-0.39, 0.29) is 6.04 Å². The molecule has 0 saturated carbocycles. The van der Waals surface area contributed by atoms with Crippen LogP contribution in [0, 0.1) is 0 Å². The highest BCUT2D eigenvalue weighted by Crippen LogP contribution is 2.31. The second-order valence-electron chi connectivity index (χ2n) is 3.78. The summed E-state index contributed by atoms with van der Waals surface area (Å²) in [6, 6.07) is 8.59. The Hall–Kier alpha value is -0.330. The first kappa shape index (κ1) is 14.1. The Kier molecular flexibility index (Phi) is 5.26. The van der Waals surface area contributed by atoms with Crippen LogP contribution in [0.5, 0.6) is 0 Å². The number of thioether (sulfide) groups is 1. The lowest BCUT2D eigenvalue weighted by molar-refractivity contribution is 0.636. The van der Waals surface area contributed by atoms with Crippen molar-refractivity contribution in [2.75, 3.05) is 5.75 Å². The molecular formula is C13H15BrN2S2. The molecule has 0 bridgehead atoms. The van der Waals surface area contributed by atoms with Gasteiger partial charge in [0.25, 0.3) is 0 Å². The number of hydrogen-bond donors (Lipinski definition) is 2. The smallest absolute Gasteiger partial charge is 0.0729 e. The van der Waals surface area contributed by atoms with Gasteiger partial charge in [0.15, 0.2) is 0 Å². The second kappa shape index (κ2) is 6.73. The lowest BCUT2D eigenvalue weighted by atomic mass is 10.0. The van der Waals surface area contributed by atoms with Crippen molar-refractivity contribution in [2.24, 2.45) is 5.84 Å². The third kappa shape index (κ3) is 3.16. The molecule has 0 aliphatic carbocycles. The highest BCUT2D eigenvalue weighted by molar-refractivity contribution is 9.10. The first-order valence-electron chi connectivity index (χ1n) is 5.66. The highest BCUT2D eigenvalue weighted by Gasteiger charge is 2.15. The van der Waals surface area contributed by atoms with Gasteiger partial charge in [0, 0.05) is 14.7 Å². The average Bonchev–Trinajstić information content (AvgIpc) is 2.79. The van der Waals surface area contributed by atoms with Gasteiger partial charge in [-0.05, 0) is 50.3 Å². The maximum atomic E-state index is 5.69. The third-order valence-electron chi connectivity index (χ3n) is 2.64. The van der Waals surface area contributed by atoms with Gasteiger partial charge in [-0.15, -0.1) is 11.8 Å². The number of benzene rings is 1. The van der Waals surface area contributed by atoms with E-state index in [0.29, 0.717) is 0 Å². The van der Waals surface area contributed by atoms with Gasteiger partial charge in [0.2, 0.25) is 0 Å². The van der Waals surface area contributed by atoms with Crippen LogP contribution in [-0.2, 0) is 0 Å². The Morgan fingerprint density at radius 3 is 2.56 bits per heavy atom. The number of hydrogen-bond acceptors (Lipinski definition) is 4. The lowest BCUT2D eigenvalue weighted by Gasteiger charge is -2.16. The monoisotopic (exact) mass is 342 g/mol. The van der Waals surface area contributed by atoms with Crippen LogP contribution < -0.4 is 11.3 Å². The molecule has 1 atom stereocenters. The number of nitrogens with one attached hydrogen (secondary N) is 1. The molecule has 2 aromatic rings. The molecule has 0 aliphatic rings. The number of thiophene rings is 1. The van der Waals surface area contributed by atoms with Gasteiger partial charge in [-0.2, -0.15) is 11.3 Å². The Morgan fingerprint density at radius 1 is 1.33 bits per heavy atom. The quantitative estimate of drug-likeness (QED) is 0.486. The fraction of sp³-hybridized carbons (Fsp3) is 0.231. The van der Waals surface area contributed by atoms with Crippen LogP contribution in [0.2, 0.25) is 0 Å². The standard InChI is InChI=1S/C13H15BrN2S2/c1-2-18-10-5-3-9(4-6-10)13(16-15)11-7-17-8-12(11)14/h3-8,13,16H,2,15H2,1H3. The minimum absolute atomic E-state index is 0.0336. The largest absolute Gasteiger partial charge is 0.271 e. The van der Waals surface area contributed by atoms with Crippen molar-refractivity contribution in [2.45, 2.75) is 17.9 Å². The summed E-state index contributed by atoms with van der Waals surface area (Å²) in [5, 5.41) is 4.18. The van der Waals surface area contributed by atoms with Crippen LogP contribution in [-0.4, -0.2) is 5.75 Å². The average molecular weight is 343 g/mol. The summed E-state index contributed by atoms with van der Waals surface area (Å²) < 4.78 is 1.10. The number of hydrazine groups is 1. The topological polar surface area (TPSA) is 38.0 Å². The van der Waals surface area contributed by atoms with Crippen molar-refractivity contribution < 1.29 is 0 Å². The van der Waals surface area contributed by atoms with Crippen molar-refractivity contribution in [1.29, 1.82) is 0 Å². The minimum atomic E-state index is 0.0336. The van der Waals surface area contributed by atoms with E-state index in [1.807, 2.05) is 11.8 Å². The summed E-state index contributed by atoms with van der Waals surface area (Å²) >= 11 is 7.07. The first-order valence-corrected chi connectivity index (χ1v) is 8.39. The third-order valence-corrected chi connectivity index (χ3v) is 5.29. The predicted molar refractivity (Wildman–Crippen MR) is 84.0 cm³/mol. The minimum Gasteiger partial charge on any atom is -0.271 e. The summed E-state index contributed by atoms with van der Waals surface area (Å²) in [5.41, 5.74) is 5.24. The highest BCUT2D eigenvalue weighted by atomic mass is 79.9. The van der Waals surface area contributed by atoms with E-state index in [1.54, 1.807) is 11.3 Å². The van der Waals surface area contributed by atoms with Gasteiger partial charge >= 0.3 is 0 Å². The molecule has 0 fully saturated rings. The predicted octanol–water partition coefficient (Wildman–Crippen LogP) is 4.18. The van der Waals surface area contributed by atoms with Crippen molar-refractivity contribution >= 4 is 39.0 Å². The van der Waals surface area contributed by atoms with Crippen LogP contribution in [0.15, 0.2) is 44.4 Å². The molecule has 0 saturated heterocycles. The van der Waals surface area contributed by atoms with E-state index in [2.05, 4.69) is 63.3 Å². The zero-order chi connectivity index (χ0) is 13.0. The number of rotatable bonds is 5. The maximum Gasteiger partial charge on any atom is 0.0729 e. The molecule has 0 radical (unpaired) electrons. The molecule has 0 spiro atoms. The molecule has 1 aromatic carbocycles. The molecule has 18 heavy (non-hydrogen) atoms. The van der Waals surface area contributed by atoms with Gasteiger partial charge in [0.05, 0.1) is 6.04 Å². The maximum absolute atomic E-state index is 5.69. The molecule has 1 heterocycles. The van der Waals surface area contributed by atoms with Crippen molar-refractivity contribution in [3.05, 3.63) is 50.6 Å². The van der Waals surface area contributed by atoms with Gasteiger partial charge in [-0.25, -0.2) is 5.43 Å². The second-order valence-corrected chi connectivity index (χ2v) is 6.71. The zero-order valence-electron chi connectivity index (χ0n) is 10.0.